The predicted molar refractivity (Wildman–Crippen MR) is 44.0 cm³/mol. The van der Waals surface area contributed by atoms with Crippen molar-refractivity contribution in [1.82, 2.24) is 4.98 Å². The highest BCUT2D eigenvalue weighted by atomic mass is 79.9. The summed E-state index contributed by atoms with van der Waals surface area (Å²) >= 11 is 4.91. The molecule has 0 aliphatic heterocycles. The van der Waals surface area contributed by atoms with Crippen LogP contribution in [0.4, 0.5) is 0 Å². The molecule has 0 radical (unpaired) electrons. The van der Waals surface area contributed by atoms with Gasteiger partial charge in [0.2, 0.25) is 0 Å². The normalized spacial score (nSPS) is 12.4. The molecule has 1 atom stereocenters. The quantitative estimate of drug-likeness (QED) is 0.713. The van der Waals surface area contributed by atoms with Crippen molar-refractivity contribution >= 4 is 27.3 Å². The van der Waals surface area contributed by atoms with Gasteiger partial charge in [0.15, 0.2) is 0 Å². The molecule has 1 aromatic rings. The number of aromatic nitrogens is 1. The van der Waals surface area contributed by atoms with E-state index in [0.29, 0.717) is 6.42 Å². The Kier molecular flexibility index (Phi) is 2.84. The fourth-order valence-electron chi connectivity index (χ4n) is 0.557. The third-order valence-corrected chi connectivity index (χ3v) is 2.94. The molecule has 0 aromatic carbocycles. The maximum absolute atomic E-state index is 8.33. The summed E-state index contributed by atoms with van der Waals surface area (Å²) in [5.41, 5.74) is 0. The predicted octanol–water partition coefficient (Wildman–Crippen LogP) is 2.49. The molecule has 0 spiro atoms. The van der Waals surface area contributed by atoms with Crippen molar-refractivity contribution in [2.24, 2.45) is 0 Å². The maximum Gasteiger partial charge on any atom is 0.107 e. The van der Waals surface area contributed by atoms with Gasteiger partial charge in [-0.15, -0.1) is 11.3 Å². The van der Waals surface area contributed by atoms with E-state index in [2.05, 4.69) is 27.0 Å². The highest BCUT2D eigenvalue weighted by molar-refractivity contribution is 9.09. The highest BCUT2D eigenvalue weighted by Gasteiger charge is 2.07. The summed E-state index contributed by atoms with van der Waals surface area (Å²) in [5.74, 6) is 0. The zero-order valence-corrected chi connectivity index (χ0v) is 7.52. The molecule has 0 aliphatic carbocycles. The van der Waals surface area contributed by atoms with Gasteiger partial charge in [-0.3, -0.25) is 0 Å². The van der Waals surface area contributed by atoms with Crippen molar-refractivity contribution in [2.75, 3.05) is 0 Å². The lowest BCUT2D eigenvalue weighted by Gasteiger charge is -1.96. The first-order valence-corrected chi connectivity index (χ1v) is 4.54. The molecule has 0 fully saturated rings. The molecule has 0 amide bonds. The second-order valence-corrected chi connectivity index (χ2v) is 3.73. The lowest BCUT2D eigenvalue weighted by Crippen LogP contribution is -1.84. The number of alkyl halides is 1. The molecule has 0 N–H and O–H groups in total. The van der Waals surface area contributed by atoms with Gasteiger partial charge in [0.25, 0.3) is 0 Å². The van der Waals surface area contributed by atoms with Gasteiger partial charge in [0.1, 0.15) is 5.01 Å². The molecule has 1 heterocycles. The van der Waals surface area contributed by atoms with E-state index in [1.54, 1.807) is 17.5 Å². The number of hydrogen-bond acceptors (Lipinski definition) is 3. The molecule has 10 heavy (non-hydrogen) atoms. The minimum Gasteiger partial charge on any atom is -0.248 e. The standard InChI is InChI=1S/C6H5BrN2S/c7-5(1-2-8)6-9-3-4-10-6/h3-5H,1H2. The summed E-state index contributed by atoms with van der Waals surface area (Å²) in [7, 11) is 0. The van der Waals surface area contributed by atoms with Gasteiger partial charge in [0, 0.05) is 11.6 Å². The fraction of sp³-hybridized carbons (Fsp3) is 0.333. The lowest BCUT2D eigenvalue weighted by atomic mass is 10.3. The van der Waals surface area contributed by atoms with Gasteiger partial charge in [0.05, 0.1) is 17.3 Å². The Bertz CT molecular complexity index is 226. The summed E-state index contributed by atoms with van der Waals surface area (Å²) in [5, 5.41) is 11.2. The van der Waals surface area contributed by atoms with Crippen molar-refractivity contribution in [1.29, 1.82) is 5.26 Å². The van der Waals surface area contributed by atoms with Gasteiger partial charge in [-0.1, -0.05) is 15.9 Å². The summed E-state index contributed by atoms with van der Waals surface area (Å²) in [6.45, 7) is 0. The summed E-state index contributed by atoms with van der Waals surface area (Å²) < 4.78 is 0. The molecule has 1 rings (SSSR count). The Balaban J connectivity index is 2.61. The number of hydrogen-bond donors (Lipinski definition) is 0. The minimum atomic E-state index is 0.109. The van der Waals surface area contributed by atoms with Crippen LogP contribution in [0.5, 0.6) is 0 Å². The Morgan fingerprint density at radius 2 is 2.70 bits per heavy atom. The monoisotopic (exact) mass is 216 g/mol. The van der Waals surface area contributed by atoms with Crippen molar-refractivity contribution in [3.8, 4) is 6.07 Å². The van der Waals surface area contributed by atoms with Gasteiger partial charge in [-0.25, -0.2) is 4.98 Å². The van der Waals surface area contributed by atoms with Gasteiger partial charge >= 0.3 is 0 Å². The topological polar surface area (TPSA) is 36.7 Å². The number of halogens is 1. The Morgan fingerprint density at radius 1 is 1.90 bits per heavy atom. The van der Waals surface area contributed by atoms with Crippen LogP contribution in [0.2, 0.25) is 0 Å². The SMILES string of the molecule is N#CCC(Br)c1nccs1. The first-order valence-electron chi connectivity index (χ1n) is 2.75. The number of nitriles is 1. The molecular formula is C6H5BrN2S. The molecule has 0 aliphatic rings. The summed E-state index contributed by atoms with van der Waals surface area (Å²) in [4.78, 5) is 4.16. The largest absolute Gasteiger partial charge is 0.248 e. The highest BCUT2D eigenvalue weighted by Crippen LogP contribution is 2.26. The van der Waals surface area contributed by atoms with E-state index in [-0.39, 0.29) is 4.83 Å². The van der Waals surface area contributed by atoms with Gasteiger partial charge in [-0.05, 0) is 0 Å². The molecule has 1 unspecified atom stereocenters. The minimum absolute atomic E-state index is 0.109. The van der Waals surface area contributed by atoms with Crippen LogP contribution in [-0.4, -0.2) is 4.98 Å². The number of rotatable bonds is 2. The van der Waals surface area contributed by atoms with Crippen molar-refractivity contribution in [3.63, 3.8) is 0 Å². The third kappa shape index (κ3) is 1.79. The first kappa shape index (κ1) is 7.70. The zero-order valence-electron chi connectivity index (χ0n) is 5.12. The fourth-order valence-corrected chi connectivity index (χ4v) is 1.76. The smallest absolute Gasteiger partial charge is 0.107 e. The summed E-state index contributed by atoms with van der Waals surface area (Å²) in [6, 6.07) is 2.08. The molecular weight excluding hydrogens is 212 g/mol. The van der Waals surface area contributed by atoms with Crippen molar-refractivity contribution in [2.45, 2.75) is 11.2 Å². The molecule has 52 valence electrons. The Labute approximate surface area is 71.6 Å². The second-order valence-electron chi connectivity index (χ2n) is 1.70. The van der Waals surface area contributed by atoms with E-state index in [1.165, 1.54) is 0 Å². The molecule has 0 bridgehead atoms. The number of nitrogens with zero attached hydrogens (tertiary/aromatic N) is 2. The number of thiazole rings is 1. The molecule has 4 heteroatoms. The third-order valence-electron chi connectivity index (χ3n) is 0.990. The Morgan fingerprint density at radius 3 is 3.20 bits per heavy atom. The van der Waals surface area contributed by atoms with E-state index in [1.807, 2.05) is 5.38 Å². The average molecular weight is 217 g/mol. The molecule has 1 aromatic heterocycles. The van der Waals surface area contributed by atoms with Crippen LogP contribution < -0.4 is 0 Å². The molecule has 0 saturated heterocycles. The van der Waals surface area contributed by atoms with E-state index >= 15 is 0 Å². The van der Waals surface area contributed by atoms with Crippen LogP contribution in [0, 0.1) is 11.3 Å². The lowest BCUT2D eigenvalue weighted by molar-refractivity contribution is 0.977. The Hall–Kier alpha value is -0.400. The van der Waals surface area contributed by atoms with Crippen LogP contribution in [-0.2, 0) is 0 Å². The van der Waals surface area contributed by atoms with Gasteiger partial charge < -0.3 is 0 Å². The first-order chi connectivity index (χ1) is 4.84. The van der Waals surface area contributed by atoms with E-state index in [9.17, 15) is 0 Å². The van der Waals surface area contributed by atoms with E-state index in [0.717, 1.165) is 5.01 Å². The molecule has 0 saturated carbocycles. The van der Waals surface area contributed by atoms with Crippen molar-refractivity contribution < 1.29 is 0 Å². The zero-order chi connectivity index (χ0) is 7.40. The molecule has 2 nitrogen and oxygen atoms in total. The van der Waals surface area contributed by atoms with E-state index < -0.39 is 0 Å². The maximum atomic E-state index is 8.33. The summed E-state index contributed by atoms with van der Waals surface area (Å²) in [6.07, 6.45) is 2.22. The van der Waals surface area contributed by atoms with Crippen LogP contribution in [0.15, 0.2) is 11.6 Å². The average Bonchev–Trinajstić information content (AvgIpc) is 2.38. The van der Waals surface area contributed by atoms with Crippen LogP contribution >= 0.6 is 27.3 Å². The van der Waals surface area contributed by atoms with Crippen LogP contribution in [0.1, 0.15) is 16.3 Å². The van der Waals surface area contributed by atoms with Crippen molar-refractivity contribution in [3.05, 3.63) is 16.6 Å². The van der Waals surface area contributed by atoms with Gasteiger partial charge in [-0.2, -0.15) is 5.26 Å². The second kappa shape index (κ2) is 3.69. The van der Waals surface area contributed by atoms with Crippen LogP contribution in [0.3, 0.4) is 0 Å². The van der Waals surface area contributed by atoms with E-state index in [4.69, 9.17) is 5.26 Å². The van der Waals surface area contributed by atoms with Crippen LogP contribution in [0.25, 0.3) is 0 Å².